The highest BCUT2D eigenvalue weighted by Gasteiger charge is 2.04. The molecule has 0 atom stereocenters. The van der Waals surface area contributed by atoms with Crippen molar-refractivity contribution >= 4 is 27.4 Å². The molecule has 0 saturated heterocycles. The molecule has 3 aromatic rings. The van der Waals surface area contributed by atoms with Crippen LogP contribution in [0.15, 0.2) is 42.0 Å². The van der Waals surface area contributed by atoms with E-state index in [9.17, 15) is 0 Å². The van der Waals surface area contributed by atoms with Crippen LogP contribution in [0.3, 0.4) is 0 Å². The van der Waals surface area contributed by atoms with Gasteiger partial charge >= 0.3 is 0 Å². The van der Waals surface area contributed by atoms with Gasteiger partial charge in [0.25, 0.3) is 0 Å². The Labute approximate surface area is 146 Å². The van der Waals surface area contributed by atoms with Crippen molar-refractivity contribution in [2.45, 2.75) is 32.6 Å². The van der Waals surface area contributed by atoms with Crippen molar-refractivity contribution in [3.63, 3.8) is 0 Å². The second kappa shape index (κ2) is 8.64. The highest BCUT2D eigenvalue weighted by Crippen LogP contribution is 2.24. The number of rotatable bonds is 9. The van der Waals surface area contributed by atoms with E-state index in [0.29, 0.717) is 0 Å². The summed E-state index contributed by atoms with van der Waals surface area (Å²) in [5.41, 5.74) is 2.29. The van der Waals surface area contributed by atoms with Crippen LogP contribution in [-0.2, 0) is 6.42 Å². The number of aromatic nitrogens is 2. The highest BCUT2D eigenvalue weighted by atomic mass is 32.1. The summed E-state index contributed by atoms with van der Waals surface area (Å²) in [6.07, 6.45) is 6.14. The number of nitrogens with one attached hydrogen (secondary N) is 1. The topological polar surface area (TPSA) is 47.0 Å². The van der Waals surface area contributed by atoms with Crippen LogP contribution in [0, 0.1) is 0 Å². The van der Waals surface area contributed by atoms with Crippen LogP contribution >= 0.6 is 11.3 Å². The van der Waals surface area contributed by atoms with E-state index < -0.39 is 0 Å². The maximum absolute atomic E-state index is 5.74. The lowest BCUT2D eigenvalue weighted by molar-refractivity contribution is 0.306. The molecule has 0 aliphatic rings. The minimum atomic E-state index is 0.805. The summed E-state index contributed by atoms with van der Waals surface area (Å²) in [6.45, 7) is 3.85. The lowest BCUT2D eigenvalue weighted by Gasteiger charge is -2.08. The fourth-order valence-electron chi connectivity index (χ4n) is 2.53. The Balaban J connectivity index is 1.47. The lowest BCUT2D eigenvalue weighted by atomic mass is 10.1. The normalized spacial score (nSPS) is 10.9. The monoisotopic (exact) mass is 341 g/mol. The minimum absolute atomic E-state index is 0.805. The number of anilines is 1. The Bertz CT molecular complexity index is 755. The second-order valence-electron chi connectivity index (χ2n) is 5.73. The predicted molar refractivity (Wildman–Crippen MR) is 101 cm³/mol. The van der Waals surface area contributed by atoms with Gasteiger partial charge in [-0.1, -0.05) is 31.9 Å². The molecule has 3 rings (SSSR count). The first kappa shape index (κ1) is 16.7. The Hall–Kier alpha value is -2.14. The second-order valence-corrected chi connectivity index (χ2v) is 6.65. The van der Waals surface area contributed by atoms with Crippen LogP contribution in [0.1, 0.15) is 31.7 Å². The van der Waals surface area contributed by atoms with Crippen molar-refractivity contribution < 1.29 is 4.74 Å². The maximum atomic E-state index is 5.74. The molecule has 0 radical (unpaired) electrons. The summed E-state index contributed by atoms with van der Waals surface area (Å²) < 4.78 is 6.86. The van der Waals surface area contributed by atoms with Crippen molar-refractivity contribution in [3.05, 3.63) is 47.6 Å². The lowest BCUT2D eigenvalue weighted by Crippen LogP contribution is -2.06. The predicted octanol–water partition coefficient (Wildman–Crippen LogP) is 4.91. The van der Waals surface area contributed by atoms with Crippen LogP contribution in [-0.4, -0.2) is 23.1 Å². The molecule has 0 unspecified atom stereocenters. The van der Waals surface area contributed by atoms with Gasteiger partial charge in [-0.15, -0.1) is 11.3 Å². The van der Waals surface area contributed by atoms with Gasteiger partial charge < -0.3 is 10.1 Å². The van der Waals surface area contributed by atoms with Gasteiger partial charge in [0.15, 0.2) is 0 Å². The Kier molecular flexibility index (Phi) is 6.01. The van der Waals surface area contributed by atoms with E-state index >= 15 is 0 Å². The number of hydrogen-bond donors (Lipinski definition) is 1. The zero-order valence-corrected chi connectivity index (χ0v) is 14.8. The molecule has 2 aromatic heterocycles. The number of fused-ring (bicyclic) bond motifs is 1. The van der Waals surface area contributed by atoms with Gasteiger partial charge in [0, 0.05) is 6.54 Å². The summed E-state index contributed by atoms with van der Waals surface area (Å²) in [7, 11) is 0. The van der Waals surface area contributed by atoms with E-state index in [1.54, 1.807) is 17.7 Å². The summed E-state index contributed by atoms with van der Waals surface area (Å²) in [5.74, 6) is 1.88. The molecule has 1 N–H and O–H groups in total. The van der Waals surface area contributed by atoms with Crippen molar-refractivity contribution in [1.29, 1.82) is 0 Å². The number of hydrogen-bond acceptors (Lipinski definition) is 5. The number of thiophene rings is 1. The van der Waals surface area contributed by atoms with Crippen molar-refractivity contribution in [3.8, 4) is 5.75 Å². The van der Waals surface area contributed by atoms with E-state index in [4.69, 9.17) is 4.74 Å². The fraction of sp³-hybridized carbons (Fsp3) is 0.368. The summed E-state index contributed by atoms with van der Waals surface area (Å²) >= 11 is 1.67. The zero-order chi connectivity index (χ0) is 16.6. The van der Waals surface area contributed by atoms with Gasteiger partial charge in [-0.2, -0.15) is 0 Å². The SMILES string of the molecule is CCCCCOc1ccc(CCNc2ncnc3ccsc23)cc1. The molecule has 0 saturated carbocycles. The molecule has 1 aromatic carbocycles. The summed E-state index contributed by atoms with van der Waals surface area (Å²) in [4.78, 5) is 8.60. The first-order chi connectivity index (χ1) is 11.9. The van der Waals surface area contributed by atoms with Gasteiger partial charge in [-0.05, 0) is 42.0 Å². The number of benzene rings is 1. The molecule has 4 nitrogen and oxygen atoms in total. The molecule has 24 heavy (non-hydrogen) atoms. The Morgan fingerprint density at radius 2 is 1.96 bits per heavy atom. The fourth-order valence-corrected chi connectivity index (χ4v) is 3.35. The van der Waals surface area contributed by atoms with Gasteiger partial charge in [0.05, 0.1) is 16.8 Å². The standard InChI is InChI=1S/C19H23N3OS/c1-2-3-4-12-23-16-7-5-15(6-8-16)9-11-20-19-18-17(10-13-24-18)21-14-22-19/h5-8,10,13-14H,2-4,9,11-12H2,1H3,(H,20,21,22). The third-order valence-electron chi connectivity index (χ3n) is 3.89. The van der Waals surface area contributed by atoms with Gasteiger partial charge in [-0.3, -0.25) is 0 Å². The van der Waals surface area contributed by atoms with Crippen molar-refractivity contribution in [2.24, 2.45) is 0 Å². The number of ether oxygens (including phenoxy) is 1. The van der Waals surface area contributed by atoms with Gasteiger partial charge in [0.2, 0.25) is 0 Å². The van der Waals surface area contributed by atoms with Gasteiger partial charge in [0.1, 0.15) is 17.9 Å². The van der Waals surface area contributed by atoms with Crippen LogP contribution in [0.2, 0.25) is 0 Å². The molecular formula is C19H23N3OS. The molecule has 126 valence electrons. The summed E-state index contributed by atoms with van der Waals surface area (Å²) in [6, 6.07) is 10.4. The van der Waals surface area contributed by atoms with Crippen LogP contribution in [0.25, 0.3) is 10.2 Å². The van der Waals surface area contributed by atoms with Crippen LogP contribution < -0.4 is 10.1 Å². The number of nitrogens with zero attached hydrogens (tertiary/aromatic N) is 2. The molecule has 2 heterocycles. The summed E-state index contributed by atoms with van der Waals surface area (Å²) in [5, 5.41) is 5.46. The molecule has 5 heteroatoms. The van der Waals surface area contributed by atoms with Gasteiger partial charge in [-0.25, -0.2) is 9.97 Å². The molecule has 0 aliphatic heterocycles. The average Bonchev–Trinajstić information content (AvgIpc) is 3.10. The minimum Gasteiger partial charge on any atom is -0.494 e. The third kappa shape index (κ3) is 4.45. The first-order valence-electron chi connectivity index (χ1n) is 8.50. The first-order valence-corrected chi connectivity index (χ1v) is 9.38. The van der Waals surface area contributed by atoms with E-state index in [0.717, 1.165) is 47.8 Å². The van der Waals surface area contributed by atoms with Crippen LogP contribution in [0.5, 0.6) is 5.75 Å². The van der Waals surface area contributed by atoms with E-state index in [1.807, 2.05) is 11.4 Å². The maximum Gasteiger partial charge on any atom is 0.147 e. The highest BCUT2D eigenvalue weighted by molar-refractivity contribution is 7.17. The van der Waals surface area contributed by atoms with E-state index in [-0.39, 0.29) is 0 Å². The van der Waals surface area contributed by atoms with E-state index in [1.165, 1.54) is 18.4 Å². The average molecular weight is 341 g/mol. The number of unbranched alkanes of at least 4 members (excludes halogenated alkanes) is 2. The smallest absolute Gasteiger partial charge is 0.147 e. The molecular weight excluding hydrogens is 318 g/mol. The Morgan fingerprint density at radius 3 is 2.79 bits per heavy atom. The Morgan fingerprint density at radius 1 is 1.08 bits per heavy atom. The molecule has 0 spiro atoms. The quantitative estimate of drug-likeness (QED) is 0.562. The van der Waals surface area contributed by atoms with Crippen molar-refractivity contribution in [2.75, 3.05) is 18.5 Å². The molecule has 0 aliphatic carbocycles. The molecule has 0 fully saturated rings. The zero-order valence-electron chi connectivity index (χ0n) is 14.0. The van der Waals surface area contributed by atoms with Crippen LogP contribution in [0.4, 0.5) is 5.82 Å². The third-order valence-corrected chi connectivity index (χ3v) is 4.80. The molecule has 0 amide bonds. The van der Waals surface area contributed by atoms with E-state index in [2.05, 4.69) is 46.5 Å². The van der Waals surface area contributed by atoms with Crippen molar-refractivity contribution in [1.82, 2.24) is 9.97 Å². The molecule has 0 bridgehead atoms. The largest absolute Gasteiger partial charge is 0.494 e.